The smallest absolute Gasteiger partial charge is 0.246 e. The van der Waals surface area contributed by atoms with E-state index >= 15 is 0 Å². The Labute approximate surface area is 96.9 Å². The van der Waals surface area contributed by atoms with Crippen LogP contribution >= 0.6 is 0 Å². The van der Waals surface area contributed by atoms with Gasteiger partial charge in [-0.25, -0.2) is 0 Å². The lowest BCUT2D eigenvalue weighted by Gasteiger charge is -2.10. The van der Waals surface area contributed by atoms with Crippen molar-refractivity contribution in [3.63, 3.8) is 0 Å². The van der Waals surface area contributed by atoms with Gasteiger partial charge >= 0.3 is 0 Å². The van der Waals surface area contributed by atoms with Crippen molar-refractivity contribution in [2.45, 2.75) is 33.7 Å². The van der Waals surface area contributed by atoms with Gasteiger partial charge in [-0.2, -0.15) is 0 Å². The quantitative estimate of drug-likeness (QED) is 0.618. The van der Waals surface area contributed by atoms with Crippen LogP contribution in [0.4, 0.5) is 0 Å². The van der Waals surface area contributed by atoms with Crippen molar-refractivity contribution in [1.29, 1.82) is 0 Å². The molecule has 2 N–H and O–H groups in total. The molecular formula is C11H22N2O3. The standard InChI is InChI=1S/C11H22N2O3/c1-8(2)11(15)12-5-6-16-7-10(14)13-9(3)4/h8-9H,5-7H2,1-4H3,(H,12,15)(H,13,14). The minimum Gasteiger partial charge on any atom is -0.370 e. The van der Waals surface area contributed by atoms with E-state index in [4.69, 9.17) is 4.74 Å². The van der Waals surface area contributed by atoms with Gasteiger partial charge in [0.2, 0.25) is 11.8 Å². The normalized spacial score (nSPS) is 10.6. The number of hydrogen-bond acceptors (Lipinski definition) is 3. The highest BCUT2D eigenvalue weighted by Gasteiger charge is 2.06. The first-order chi connectivity index (χ1) is 7.43. The molecule has 5 heteroatoms. The molecule has 0 radical (unpaired) electrons. The molecule has 0 aliphatic rings. The predicted molar refractivity (Wildman–Crippen MR) is 61.9 cm³/mol. The summed E-state index contributed by atoms with van der Waals surface area (Å²) in [4.78, 5) is 22.3. The van der Waals surface area contributed by atoms with Crippen molar-refractivity contribution < 1.29 is 14.3 Å². The highest BCUT2D eigenvalue weighted by Crippen LogP contribution is 1.89. The van der Waals surface area contributed by atoms with Crippen LogP contribution in [0.15, 0.2) is 0 Å². The zero-order chi connectivity index (χ0) is 12.6. The molecule has 0 atom stereocenters. The van der Waals surface area contributed by atoms with Gasteiger partial charge in [0.1, 0.15) is 6.61 Å². The van der Waals surface area contributed by atoms with Crippen molar-refractivity contribution in [2.24, 2.45) is 5.92 Å². The molecule has 0 aliphatic carbocycles. The van der Waals surface area contributed by atoms with Gasteiger partial charge in [0.25, 0.3) is 0 Å². The summed E-state index contributed by atoms with van der Waals surface area (Å²) in [6.07, 6.45) is 0. The fourth-order valence-electron chi connectivity index (χ4n) is 0.979. The maximum atomic E-state index is 11.1. The number of ether oxygens (including phenoxy) is 1. The molecule has 0 saturated carbocycles. The van der Waals surface area contributed by atoms with Crippen molar-refractivity contribution in [3.8, 4) is 0 Å². The molecule has 0 unspecified atom stereocenters. The van der Waals surface area contributed by atoms with Crippen LogP contribution < -0.4 is 10.6 Å². The molecule has 0 rings (SSSR count). The van der Waals surface area contributed by atoms with E-state index in [9.17, 15) is 9.59 Å². The lowest BCUT2D eigenvalue weighted by molar-refractivity contribution is -0.126. The van der Waals surface area contributed by atoms with Crippen LogP contribution in [-0.4, -0.2) is 37.6 Å². The van der Waals surface area contributed by atoms with Crippen LogP contribution in [0.1, 0.15) is 27.7 Å². The number of carbonyl (C=O) groups excluding carboxylic acids is 2. The minimum atomic E-state index is -0.134. The van der Waals surface area contributed by atoms with Crippen LogP contribution in [0, 0.1) is 5.92 Å². The van der Waals surface area contributed by atoms with E-state index in [1.807, 2.05) is 27.7 Å². The maximum Gasteiger partial charge on any atom is 0.246 e. The lowest BCUT2D eigenvalue weighted by atomic mass is 10.2. The second-order valence-electron chi connectivity index (χ2n) is 4.22. The predicted octanol–water partition coefficient (Wildman–Crippen LogP) is 0.300. The molecule has 0 fully saturated rings. The van der Waals surface area contributed by atoms with Gasteiger partial charge in [-0.05, 0) is 13.8 Å². The van der Waals surface area contributed by atoms with Gasteiger partial charge in [-0.3, -0.25) is 9.59 Å². The van der Waals surface area contributed by atoms with Gasteiger partial charge in [0.05, 0.1) is 6.61 Å². The fraction of sp³-hybridized carbons (Fsp3) is 0.818. The molecule has 2 amide bonds. The monoisotopic (exact) mass is 230 g/mol. The number of nitrogens with one attached hydrogen (secondary N) is 2. The van der Waals surface area contributed by atoms with E-state index < -0.39 is 0 Å². The Morgan fingerprint density at radius 2 is 1.81 bits per heavy atom. The summed E-state index contributed by atoms with van der Waals surface area (Å²) in [5.41, 5.74) is 0. The highest BCUT2D eigenvalue weighted by molar-refractivity contribution is 5.78. The first kappa shape index (κ1) is 14.9. The molecular weight excluding hydrogens is 208 g/mol. The second-order valence-corrected chi connectivity index (χ2v) is 4.22. The Hall–Kier alpha value is -1.10. The molecule has 0 heterocycles. The molecule has 0 aromatic carbocycles. The van der Waals surface area contributed by atoms with Crippen LogP contribution in [0.2, 0.25) is 0 Å². The van der Waals surface area contributed by atoms with E-state index in [1.165, 1.54) is 0 Å². The Morgan fingerprint density at radius 3 is 2.31 bits per heavy atom. The van der Waals surface area contributed by atoms with Crippen molar-refractivity contribution in [2.75, 3.05) is 19.8 Å². The van der Waals surface area contributed by atoms with Crippen LogP contribution in [0.3, 0.4) is 0 Å². The molecule has 94 valence electrons. The zero-order valence-corrected chi connectivity index (χ0v) is 10.5. The van der Waals surface area contributed by atoms with E-state index in [0.29, 0.717) is 13.2 Å². The van der Waals surface area contributed by atoms with Crippen molar-refractivity contribution in [3.05, 3.63) is 0 Å². The van der Waals surface area contributed by atoms with Crippen LogP contribution in [-0.2, 0) is 14.3 Å². The van der Waals surface area contributed by atoms with Gasteiger partial charge in [0.15, 0.2) is 0 Å². The Balaban J connectivity index is 3.40. The minimum absolute atomic E-state index is 0.00441. The van der Waals surface area contributed by atoms with Crippen molar-refractivity contribution >= 4 is 11.8 Å². The molecule has 0 aliphatic heterocycles. The second kappa shape index (κ2) is 8.10. The number of rotatable bonds is 7. The third kappa shape index (κ3) is 8.23. The topological polar surface area (TPSA) is 67.4 Å². The number of amides is 2. The SMILES string of the molecule is CC(C)NC(=O)COCCNC(=O)C(C)C. The summed E-state index contributed by atoms with van der Waals surface area (Å²) in [6.45, 7) is 8.26. The van der Waals surface area contributed by atoms with Gasteiger partial charge in [-0.1, -0.05) is 13.8 Å². The lowest BCUT2D eigenvalue weighted by Crippen LogP contribution is -2.35. The molecule has 16 heavy (non-hydrogen) atoms. The summed E-state index contributed by atoms with van der Waals surface area (Å²) in [5.74, 6) is -0.162. The number of carbonyl (C=O) groups is 2. The van der Waals surface area contributed by atoms with E-state index in [2.05, 4.69) is 10.6 Å². The first-order valence-corrected chi connectivity index (χ1v) is 5.58. The van der Waals surface area contributed by atoms with Gasteiger partial charge in [0, 0.05) is 18.5 Å². The Morgan fingerprint density at radius 1 is 1.19 bits per heavy atom. The van der Waals surface area contributed by atoms with Crippen LogP contribution in [0.25, 0.3) is 0 Å². The molecule has 5 nitrogen and oxygen atoms in total. The van der Waals surface area contributed by atoms with Crippen LogP contribution in [0.5, 0.6) is 0 Å². The molecule has 0 aromatic heterocycles. The first-order valence-electron chi connectivity index (χ1n) is 5.58. The maximum absolute atomic E-state index is 11.1. The average molecular weight is 230 g/mol. The van der Waals surface area contributed by atoms with Gasteiger partial charge in [-0.15, -0.1) is 0 Å². The zero-order valence-electron chi connectivity index (χ0n) is 10.5. The summed E-state index contributed by atoms with van der Waals surface area (Å²) in [6, 6.07) is 0.122. The summed E-state index contributed by atoms with van der Waals surface area (Å²) < 4.78 is 5.10. The largest absolute Gasteiger partial charge is 0.370 e. The highest BCUT2D eigenvalue weighted by atomic mass is 16.5. The van der Waals surface area contributed by atoms with Gasteiger partial charge < -0.3 is 15.4 Å². The Kier molecular flexibility index (Phi) is 7.54. The number of hydrogen-bond donors (Lipinski definition) is 2. The third-order valence-corrected chi connectivity index (χ3v) is 1.75. The van der Waals surface area contributed by atoms with Crippen molar-refractivity contribution in [1.82, 2.24) is 10.6 Å². The van der Waals surface area contributed by atoms with E-state index in [-0.39, 0.29) is 30.4 Å². The average Bonchev–Trinajstić information content (AvgIpc) is 2.15. The molecule has 0 aromatic rings. The van der Waals surface area contributed by atoms with E-state index in [1.54, 1.807) is 0 Å². The summed E-state index contributed by atoms with van der Waals surface area (Å²) in [5, 5.41) is 5.41. The summed E-state index contributed by atoms with van der Waals surface area (Å²) in [7, 11) is 0. The third-order valence-electron chi connectivity index (χ3n) is 1.75. The molecule has 0 saturated heterocycles. The molecule has 0 spiro atoms. The summed E-state index contributed by atoms with van der Waals surface area (Å²) >= 11 is 0. The van der Waals surface area contributed by atoms with E-state index in [0.717, 1.165) is 0 Å². The Bertz CT molecular complexity index is 227. The molecule has 0 bridgehead atoms. The fourth-order valence-corrected chi connectivity index (χ4v) is 0.979.